The van der Waals surface area contributed by atoms with Gasteiger partial charge in [-0.05, 0) is 56.5 Å². The van der Waals surface area contributed by atoms with Crippen LogP contribution in [-0.4, -0.2) is 90.7 Å². The number of nitrogens with one attached hydrogen (secondary N) is 2. The van der Waals surface area contributed by atoms with Gasteiger partial charge in [0, 0.05) is 74.9 Å². The minimum Gasteiger partial charge on any atom is -0.494 e. The summed E-state index contributed by atoms with van der Waals surface area (Å²) in [5.41, 5.74) is 3.32. The van der Waals surface area contributed by atoms with Crippen molar-refractivity contribution in [3.63, 3.8) is 0 Å². The number of amides is 1. The van der Waals surface area contributed by atoms with Crippen LogP contribution in [0.4, 0.5) is 28.7 Å². The summed E-state index contributed by atoms with van der Waals surface area (Å²) in [6, 6.07) is 14.7. The maximum atomic E-state index is 12.6. The summed E-state index contributed by atoms with van der Waals surface area (Å²) >= 11 is 6.28. The fourth-order valence-corrected chi connectivity index (χ4v) is 7.06. The Morgan fingerprint density at radius 3 is 2.53 bits per heavy atom. The SMILES string of the molecule is C=CC(=O)Nc1cc(Nc2cc(N3OCC[C@@H]3c3cccc(Cl)c3)ncn2)c(OC)cc1N1CCC(N2CCN(C(C)C)CC2)CC1. The van der Waals surface area contributed by atoms with E-state index in [4.69, 9.17) is 21.2 Å². The van der Waals surface area contributed by atoms with Gasteiger partial charge in [-0.25, -0.2) is 15.0 Å². The number of carbonyl (C=O) groups excluding carboxylic acids is 1. The Balaban J connectivity index is 1.20. The van der Waals surface area contributed by atoms with Gasteiger partial charge in [0.05, 0.1) is 36.8 Å². The van der Waals surface area contributed by atoms with Crippen LogP contribution in [0.1, 0.15) is 44.7 Å². The third kappa shape index (κ3) is 7.65. The number of hydroxylamine groups is 1. The summed E-state index contributed by atoms with van der Waals surface area (Å²) in [7, 11) is 1.65. The van der Waals surface area contributed by atoms with Crippen LogP contribution in [0.3, 0.4) is 0 Å². The normalized spacial score (nSPS) is 19.6. The van der Waals surface area contributed by atoms with Gasteiger partial charge in [-0.15, -0.1) is 0 Å². The average Bonchev–Trinajstić information content (AvgIpc) is 3.59. The van der Waals surface area contributed by atoms with Gasteiger partial charge in [0.25, 0.3) is 0 Å². The molecule has 1 aromatic heterocycles. The van der Waals surface area contributed by atoms with Crippen LogP contribution in [-0.2, 0) is 9.63 Å². The number of ether oxygens (including phenoxy) is 1. The van der Waals surface area contributed by atoms with E-state index in [0.29, 0.717) is 52.5 Å². The van der Waals surface area contributed by atoms with Gasteiger partial charge in [0.15, 0.2) is 5.82 Å². The van der Waals surface area contributed by atoms with Gasteiger partial charge in [-0.3, -0.25) is 19.4 Å². The highest BCUT2D eigenvalue weighted by Gasteiger charge is 2.31. The van der Waals surface area contributed by atoms with Gasteiger partial charge in [0.2, 0.25) is 5.91 Å². The summed E-state index contributed by atoms with van der Waals surface area (Å²) in [5, 5.41) is 8.90. The van der Waals surface area contributed by atoms with E-state index in [1.807, 2.05) is 47.5 Å². The zero-order valence-corrected chi connectivity index (χ0v) is 28.2. The van der Waals surface area contributed by atoms with Crippen LogP contribution in [0, 0.1) is 0 Å². The van der Waals surface area contributed by atoms with Crippen molar-refractivity contribution in [3.05, 3.63) is 72.0 Å². The van der Waals surface area contributed by atoms with Crippen molar-refractivity contribution in [2.45, 2.75) is 51.2 Å². The average molecular weight is 661 g/mol. The highest BCUT2D eigenvalue weighted by Crippen LogP contribution is 2.41. The number of halogens is 1. The fraction of sp³-hybridized carbons (Fsp3) is 0.457. The Morgan fingerprint density at radius 2 is 1.83 bits per heavy atom. The lowest BCUT2D eigenvalue weighted by molar-refractivity contribution is -0.111. The standard InChI is InChI=1S/C35H45ClN8O3/c1-5-35(45)40-28-20-29(39-33-22-34(38-23-37-33)44-30(11-18-47-44)25-7-6-8-26(36)19-25)32(46-4)21-31(28)43-12-9-27(10-13-43)42-16-14-41(15-17-42)24(2)3/h5-8,19-24,27,30H,1,9-18H2,2-4H3,(H,40,45)(H,37,38,39)/t30-/m1/s1. The van der Waals surface area contributed by atoms with E-state index >= 15 is 0 Å². The monoisotopic (exact) mass is 660 g/mol. The highest BCUT2D eigenvalue weighted by atomic mass is 35.5. The van der Waals surface area contributed by atoms with Crippen molar-refractivity contribution in [2.24, 2.45) is 0 Å². The predicted molar refractivity (Wildman–Crippen MR) is 188 cm³/mol. The summed E-state index contributed by atoms with van der Waals surface area (Å²) in [6.07, 6.45) is 5.73. The molecule has 6 rings (SSSR count). The van der Waals surface area contributed by atoms with Crippen molar-refractivity contribution in [3.8, 4) is 5.75 Å². The summed E-state index contributed by atoms with van der Waals surface area (Å²) in [4.78, 5) is 35.1. The van der Waals surface area contributed by atoms with E-state index in [1.165, 1.54) is 12.4 Å². The van der Waals surface area contributed by atoms with E-state index < -0.39 is 0 Å². The number of nitrogens with zero attached hydrogens (tertiary/aromatic N) is 6. The molecule has 3 saturated heterocycles. The van der Waals surface area contributed by atoms with Crippen LogP contribution in [0.2, 0.25) is 5.02 Å². The number of anilines is 5. The molecule has 3 fully saturated rings. The van der Waals surface area contributed by atoms with Crippen molar-refractivity contribution in [1.29, 1.82) is 0 Å². The molecule has 11 nitrogen and oxygen atoms in total. The van der Waals surface area contributed by atoms with Gasteiger partial charge in [-0.2, -0.15) is 0 Å². The van der Waals surface area contributed by atoms with Gasteiger partial charge < -0.3 is 20.3 Å². The number of benzene rings is 2. The first-order valence-electron chi connectivity index (χ1n) is 16.5. The van der Waals surface area contributed by atoms with E-state index in [9.17, 15) is 4.79 Å². The van der Waals surface area contributed by atoms with Crippen molar-refractivity contribution >= 4 is 46.2 Å². The second-order valence-corrected chi connectivity index (χ2v) is 13.0. The maximum absolute atomic E-state index is 12.6. The lowest BCUT2D eigenvalue weighted by Crippen LogP contribution is -2.54. The molecule has 4 heterocycles. The Kier molecular flexibility index (Phi) is 10.5. The van der Waals surface area contributed by atoms with Crippen LogP contribution < -0.4 is 25.3 Å². The Bertz CT molecular complexity index is 1560. The Morgan fingerprint density at radius 1 is 1.04 bits per heavy atom. The summed E-state index contributed by atoms with van der Waals surface area (Å²) < 4.78 is 5.87. The molecule has 2 N–H and O–H groups in total. The van der Waals surface area contributed by atoms with Gasteiger partial charge >= 0.3 is 0 Å². The van der Waals surface area contributed by atoms with Crippen LogP contribution in [0.25, 0.3) is 0 Å². The molecule has 0 bridgehead atoms. The summed E-state index contributed by atoms with van der Waals surface area (Å²) in [5.74, 6) is 1.54. The molecular weight excluding hydrogens is 616 g/mol. The van der Waals surface area contributed by atoms with E-state index in [-0.39, 0.29) is 11.9 Å². The molecule has 1 atom stereocenters. The molecular formula is C35H45ClN8O3. The molecule has 0 spiro atoms. The van der Waals surface area contributed by atoms with Crippen molar-refractivity contribution in [2.75, 3.05) is 73.6 Å². The van der Waals surface area contributed by atoms with E-state index in [1.54, 1.807) is 7.11 Å². The van der Waals surface area contributed by atoms with E-state index in [0.717, 1.165) is 69.8 Å². The third-order valence-corrected chi connectivity index (χ3v) is 9.68. The van der Waals surface area contributed by atoms with Gasteiger partial charge in [0.1, 0.15) is 17.9 Å². The molecule has 0 aliphatic carbocycles. The van der Waals surface area contributed by atoms with Crippen molar-refractivity contribution in [1.82, 2.24) is 19.8 Å². The Labute approximate surface area is 282 Å². The Hall–Kier alpha value is -3.90. The third-order valence-electron chi connectivity index (χ3n) is 9.44. The molecule has 47 heavy (non-hydrogen) atoms. The molecule has 0 unspecified atom stereocenters. The molecule has 3 aliphatic rings. The topological polar surface area (TPSA) is 98.3 Å². The van der Waals surface area contributed by atoms with Gasteiger partial charge in [-0.1, -0.05) is 30.3 Å². The first kappa shape index (κ1) is 33.0. The molecule has 12 heteroatoms. The quantitative estimate of drug-likeness (QED) is 0.257. The summed E-state index contributed by atoms with van der Waals surface area (Å²) in [6.45, 7) is 15.1. The smallest absolute Gasteiger partial charge is 0.247 e. The molecule has 0 radical (unpaired) electrons. The van der Waals surface area contributed by atoms with Crippen LogP contribution in [0.5, 0.6) is 5.75 Å². The number of piperidine rings is 1. The molecule has 3 aromatic rings. The zero-order valence-electron chi connectivity index (χ0n) is 27.5. The molecule has 1 amide bonds. The first-order chi connectivity index (χ1) is 22.8. The second kappa shape index (κ2) is 14.9. The molecule has 250 valence electrons. The fourth-order valence-electron chi connectivity index (χ4n) is 6.86. The minimum atomic E-state index is -0.275. The number of methoxy groups -OCH3 is 1. The number of piperazine rings is 1. The molecule has 2 aromatic carbocycles. The van der Waals surface area contributed by atoms with E-state index in [2.05, 4.69) is 55.7 Å². The first-order valence-corrected chi connectivity index (χ1v) is 16.9. The number of rotatable bonds is 10. The number of aromatic nitrogens is 2. The predicted octanol–water partition coefficient (Wildman–Crippen LogP) is 5.88. The number of hydrogen-bond donors (Lipinski definition) is 2. The lowest BCUT2D eigenvalue weighted by Gasteiger charge is -2.44. The lowest BCUT2D eigenvalue weighted by atomic mass is 10.0. The molecule has 3 aliphatic heterocycles. The zero-order chi connectivity index (χ0) is 32.9. The van der Waals surface area contributed by atoms with Crippen LogP contribution in [0.15, 0.2) is 61.4 Å². The molecule has 0 saturated carbocycles. The van der Waals surface area contributed by atoms with Crippen molar-refractivity contribution < 1.29 is 14.4 Å². The number of carbonyl (C=O) groups is 1. The van der Waals surface area contributed by atoms with Crippen LogP contribution >= 0.6 is 11.6 Å². The minimum absolute atomic E-state index is 0.0280. The number of hydrogen-bond acceptors (Lipinski definition) is 10. The highest BCUT2D eigenvalue weighted by molar-refractivity contribution is 6.30. The maximum Gasteiger partial charge on any atom is 0.247 e. The largest absolute Gasteiger partial charge is 0.494 e. The second-order valence-electron chi connectivity index (χ2n) is 12.6.